The number of carbonyl (C=O) groups is 17. The minimum atomic E-state index is -2.04. The molecule has 1 heterocycles. The van der Waals surface area contributed by atoms with Gasteiger partial charge in [-0.25, -0.2) is 4.98 Å². The predicted molar refractivity (Wildman–Crippen MR) is 469 cm³/mol. The van der Waals surface area contributed by atoms with Gasteiger partial charge in [0.05, 0.1) is 32.0 Å². The number of H-pyrrole nitrogens is 1. The lowest BCUT2D eigenvalue weighted by atomic mass is 9.83. The molecule has 0 aromatic carbocycles. The molecule has 47 nitrogen and oxygen atoms in total. The number of hydrogen-bond donors (Lipinski definition) is 26. The molecule has 17 amide bonds. The van der Waals surface area contributed by atoms with Crippen molar-refractivity contribution in [2.45, 2.75) is 312 Å². The van der Waals surface area contributed by atoms with E-state index in [1.165, 1.54) is 26.4 Å². The second kappa shape index (κ2) is 56.2. The molecule has 718 valence electrons. The summed E-state index contributed by atoms with van der Waals surface area (Å²) in [5.41, 5.74) is 48.6. The van der Waals surface area contributed by atoms with Crippen molar-refractivity contribution in [2.75, 3.05) is 32.8 Å². The number of aliphatic hydroxyl groups excluding tert-OH is 2. The zero-order valence-corrected chi connectivity index (χ0v) is 74.3. The van der Waals surface area contributed by atoms with Crippen LogP contribution in [0.4, 0.5) is 0 Å². The van der Waals surface area contributed by atoms with Gasteiger partial charge in [0.1, 0.15) is 78.0 Å². The summed E-state index contributed by atoms with van der Waals surface area (Å²) in [5.74, 6) is -17.6. The Hall–Kier alpha value is -12.1. The van der Waals surface area contributed by atoms with E-state index in [9.17, 15) is 82.1 Å². The Bertz CT molecular complexity index is 3950. The van der Waals surface area contributed by atoms with Crippen LogP contribution >= 0.6 is 0 Å². The number of aliphatic hydroxyl groups is 2. The molecule has 0 saturated heterocycles. The Morgan fingerprint density at radius 2 is 0.828 bits per heavy atom. The highest BCUT2D eigenvalue weighted by Crippen LogP contribution is 2.31. The number of aliphatic imine (C=N–C) groups is 3. The van der Waals surface area contributed by atoms with Crippen molar-refractivity contribution in [3.8, 4) is 0 Å². The van der Waals surface area contributed by atoms with E-state index in [-0.39, 0.29) is 126 Å². The van der Waals surface area contributed by atoms with Crippen LogP contribution in [0.25, 0.3) is 0 Å². The van der Waals surface area contributed by atoms with E-state index in [1.807, 2.05) is 0 Å². The first-order chi connectivity index (χ1) is 60.4. The SMILES string of the molecule is CC(=O)N[C@@H](CO)C(=O)NCC(=O)N[C@@H](CCCN=C(N)N)C(=O)N[C@@H](Cc1cnc[nH]1)C(=O)NC(CC1CCCCC1)C(=O)NC(CC1CCCCC1)C(=O)N[C@@H](CC(N)=O)C(=O)N[C@@H](CC(C)C)C(=O)NC(C)(C)C(=O)N[C@H](C(=O)N[C@@H](CCCN=C(N)N)C(=O)N[C@@H](CCC(N)=O)C(=O)N[C@@H](CCCN=C(N)N)C(=O)NC(CC1CCCCC1)C(N)=O)[C@@H](C)O. The van der Waals surface area contributed by atoms with Crippen molar-refractivity contribution >= 4 is 118 Å². The van der Waals surface area contributed by atoms with Gasteiger partial charge in [0.2, 0.25) is 100 Å². The fourth-order valence-electron chi connectivity index (χ4n) is 15.4. The highest BCUT2D eigenvalue weighted by molar-refractivity contribution is 6.02. The molecule has 1 aromatic heterocycles. The summed E-state index contributed by atoms with van der Waals surface area (Å²) in [6, 6.07) is -18.3. The molecule has 0 spiro atoms. The monoisotopic (exact) mass is 1810 g/mol. The number of guanidine groups is 3. The Morgan fingerprint density at radius 1 is 0.445 bits per heavy atom. The van der Waals surface area contributed by atoms with Gasteiger partial charge in [-0.3, -0.25) is 96.5 Å². The molecular weight excluding hydrogens is 1670 g/mol. The fourth-order valence-corrected chi connectivity index (χ4v) is 15.4. The van der Waals surface area contributed by atoms with E-state index in [2.05, 4.69) is 99.4 Å². The molecule has 47 heteroatoms. The van der Waals surface area contributed by atoms with Crippen LogP contribution in [0.1, 0.15) is 227 Å². The topological polar surface area (TPSA) is 799 Å². The molecule has 3 saturated carbocycles. The van der Waals surface area contributed by atoms with Crippen LogP contribution in [-0.2, 0) is 87.9 Å². The Morgan fingerprint density at radius 3 is 1.23 bits per heavy atom. The minimum Gasteiger partial charge on any atom is -0.394 e. The van der Waals surface area contributed by atoms with Gasteiger partial charge < -0.3 is 141 Å². The zero-order chi connectivity index (χ0) is 95.3. The van der Waals surface area contributed by atoms with E-state index in [4.69, 9.17) is 51.6 Å². The highest BCUT2D eigenvalue weighted by Gasteiger charge is 2.42. The molecular formula is C81H140N28O19. The number of nitrogens with two attached hydrogens (primary N) is 9. The van der Waals surface area contributed by atoms with Crippen molar-refractivity contribution in [2.24, 2.45) is 90.3 Å². The normalized spacial score (nSPS) is 16.8. The first-order valence-corrected chi connectivity index (χ1v) is 43.9. The van der Waals surface area contributed by atoms with Crippen LogP contribution in [0.5, 0.6) is 0 Å². The van der Waals surface area contributed by atoms with Gasteiger partial charge in [0, 0.05) is 51.3 Å². The summed E-state index contributed by atoms with van der Waals surface area (Å²) in [6.07, 6.45) is 10.8. The maximum Gasteiger partial charge on any atom is 0.245 e. The molecule has 1 aromatic rings. The fraction of sp³-hybridized carbons (Fsp3) is 0.716. The van der Waals surface area contributed by atoms with E-state index in [0.29, 0.717) is 31.4 Å². The van der Waals surface area contributed by atoms with E-state index < -0.39 is 223 Å². The maximum atomic E-state index is 15.2. The number of amides is 17. The Balaban J connectivity index is 1.62. The summed E-state index contributed by atoms with van der Waals surface area (Å²) in [7, 11) is 0. The van der Waals surface area contributed by atoms with Gasteiger partial charge in [-0.05, 0) is 115 Å². The van der Waals surface area contributed by atoms with Crippen molar-refractivity contribution in [1.82, 2.24) is 84.4 Å². The quantitative estimate of drug-likeness (QED) is 0.0164. The number of carbonyl (C=O) groups excluding carboxylic acids is 17. The molecule has 3 aliphatic carbocycles. The third kappa shape index (κ3) is 41.6. The maximum absolute atomic E-state index is 15.2. The van der Waals surface area contributed by atoms with Gasteiger partial charge in [-0.1, -0.05) is 110 Å². The lowest BCUT2D eigenvalue weighted by molar-refractivity contribution is -0.139. The molecule has 3 fully saturated rings. The van der Waals surface area contributed by atoms with Crippen LogP contribution in [-0.4, -0.2) is 255 Å². The van der Waals surface area contributed by atoms with Crippen LogP contribution in [0.2, 0.25) is 0 Å². The third-order valence-corrected chi connectivity index (χ3v) is 22.2. The van der Waals surface area contributed by atoms with Crippen LogP contribution in [0, 0.1) is 23.7 Å². The largest absolute Gasteiger partial charge is 0.394 e. The summed E-state index contributed by atoms with van der Waals surface area (Å²) < 4.78 is 0. The number of nitrogens with zero attached hydrogens (tertiary/aromatic N) is 4. The smallest absolute Gasteiger partial charge is 0.245 e. The zero-order valence-electron chi connectivity index (χ0n) is 74.3. The van der Waals surface area contributed by atoms with Gasteiger partial charge in [0.25, 0.3) is 0 Å². The number of aromatic amines is 1. The number of primary amides is 3. The van der Waals surface area contributed by atoms with Crippen molar-refractivity contribution in [1.29, 1.82) is 0 Å². The molecule has 0 radical (unpaired) electrons. The molecule has 4 rings (SSSR count). The van der Waals surface area contributed by atoms with Gasteiger partial charge in [-0.15, -0.1) is 0 Å². The molecule has 0 aliphatic heterocycles. The summed E-state index contributed by atoms with van der Waals surface area (Å²) >= 11 is 0. The van der Waals surface area contributed by atoms with E-state index in [1.54, 1.807) is 13.8 Å². The standard InChI is InChI=1S/C81H140N28O19/c1-43(2)33-55(75(126)109-81(5,6)77(128)108-64(44(3)111)76(127)101-52(27-18-32-94-80(89)90)68(119)100-53(28-29-61(82)113)70(121)99-51(26-17-31-93-79(87)88)69(120)102-54(65(84)116)34-46-19-10-7-11-20-46)103-74(125)59(38-62(83)114)107-72(123)57(36-48-23-14-9-15-24-48)104-71(122)56(35-47-21-12-8-13-22-47)105-73(124)58(37-49-39-91-42-96-49)106-67(118)50(25-16-30-92-78(85)86)98-63(115)40-95-66(117)60(41-110)97-45(4)112/h39,42-44,46-48,50-60,64,110-111H,7-38,40-41H2,1-6H3,(H2,82,113)(H2,83,114)(H2,84,116)(H,91,96)(H,95,117)(H,97,112)(H,98,115)(H,99,121)(H,100,119)(H,101,127)(H,102,120)(H,103,125)(H,104,122)(H,105,124)(H,106,118)(H,107,123)(H,108,128)(H,109,126)(H4,85,86,92)(H4,87,88,93)(H4,89,90,94)/t44-,50+,51+,52+,53+,54?,55+,56?,57?,58+,59+,60+,64+/m1/s1. The van der Waals surface area contributed by atoms with E-state index >= 15 is 9.59 Å². The molecule has 128 heavy (non-hydrogen) atoms. The number of aromatic nitrogens is 2. The van der Waals surface area contributed by atoms with Crippen LogP contribution in [0.15, 0.2) is 27.5 Å². The summed E-state index contributed by atoms with van der Waals surface area (Å²) in [6.45, 7) is 6.45. The van der Waals surface area contributed by atoms with Gasteiger partial charge in [-0.2, -0.15) is 0 Å². The first kappa shape index (κ1) is 108. The number of nitrogens with one attached hydrogen (secondary N) is 15. The number of hydrogen-bond acceptors (Lipinski definition) is 23. The second-order valence-corrected chi connectivity index (χ2v) is 34.2. The predicted octanol–water partition coefficient (Wildman–Crippen LogP) is -7.08. The van der Waals surface area contributed by atoms with Crippen molar-refractivity contribution in [3.05, 3.63) is 18.2 Å². The molecule has 3 unspecified atom stereocenters. The number of imidazole rings is 1. The first-order valence-electron chi connectivity index (χ1n) is 43.9. The Kier molecular flexibility index (Phi) is 47.5. The third-order valence-electron chi connectivity index (χ3n) is 22.2. The van der Waals surface area contributed by atoms with Crippen LogP contribution < -0.4 is 126 Å². The summed E-state index contributed by atoms with van der Waals surface area (Å²) in [5, 5.41) is 56.6. The highest BCUT2D eigenvalue weighted by atomic mass is 16.3. The molecule has 3 aliphatic rings. The number of rotatable bonds is 57. The van der Waals surface area contributed by atoms with Gasteiger partial charge >= 0.3 is 0 Å². The second-order valence-electron chi connectivity index (χ2n) is 34.2. The Labute approximate surface area is 744 Å². The molecule has 0 bridgehead atoms. The van der Waals surface area contributed by atoms with Crippen LogP contribution in [0.3, 0.4) is 0 Å². The lowest BCUT2D eigenvalue weighted by Gasteiger charge is -2.32. The summed E-state index contributed by atoms with van der Waals surface area (Å²) in [4.78, 5) is 256. The minimum absolute atomic E-state index is 0.000635. The average molecular weight is 1810 g/mol. The van der Waals surface area contributed by atoms with Crippen molar-refractivity contribution in [3.63, 3.8) is 0 Å². The lowest BCUT2D eigenvalue weighted by Crippen LogP contribution is -2.65. The van der Waals surface area contributed by atoms with Gasteiger partial charge in [0.15, 0.2) is 17.9 Å². The molecule has 13 atom stereocenters. The van der Waals surface area contributed by atoms with Crippen molar-refractivity contribution < 1.29 is 91.7 Å². The van der Waals surface area contributed by atoms with E-state index in [0.717, 1.165) is 84.5 Å². The molecule has 35 N–H and O–H groups in total. The average Bonchev–Trinajstić information content (AvgIpc) is 0.888.